The molecule has 5 nitrogen and oxygen atoms in total. The number of hydrogen-bond acceptors (Lipinski definition) is 6. The number of carbonyl (C=O) groups excluding carboxylic acids is 2. The Hall–Kier alpha value is -1.60. The van der Waals surface area contributed by atoms with Crippen molar-refractivity contribution in [2.75, 3.05) is 6.54 Å². The molecule has 0 bridgehead atoms. The van der Waals surface area contributed by atoms with E-state index in [1.807, 2.05) is 5.38 Å². The molecule has 0 unspecified atom stereocenters. The van der Waals surface area contributed by atoms with Crippen molar-refractivity contribution in [2.45, 2.75) is 26.2 Å². The molecule has 20 heavy (non-hydrogen) atoms. The fraction of sp³-hybridized carbons (Fsp3) is 0.385. The molecule has 0 spiro atoms. The van der Waals surface area contributed by atoms with Crippen LogP contribution in [0.5, 0.6) is 0 Å². The zero-order valence-corrected chi connectivity index (χ0v) is 12.7. The van der Waals surface area contributed by atoms with Crippen LogP contribution in [0.1, 0.15) is 36.7 Å². The zero-order chi connectivity index (χ0) is 14.4. The van der Waals surface area contributed by atoms with Crippen LogP contribution in [0.3, 0.4) is 0 Å². The molecule has 0 aliphatic rings. The number of aromatic nitrogens is 2. The van der Waals surface area contributed by atoms with E-state index in [1.54, 1.807) is 18.5 Å². The summed E-state index contributed by atoms with van der Waals surface area (Å²) in [4.78, 5) is 31.1. The third-order valence-electron chi connectivity index (χ3n) is 2.59. The number of carbonyl (C=O) groups is 2. The van der Waals surface area contributed by atoms with Gasteiger partial charge >= 0.3 is 0 Å². The first kappa shape index (κ1) is 14.8. The molecule has 1 amide bonds. The summed E-state index contributed by atoms with van der Waals surface area (Å²) in [6.07, 6.45) is 3.89. The van der Waals surface area contributed by atoms with Crippen molar-refractivity contribution in [3.05, 3.63) is 22.7 Å². The fourth-order valence-corrected chi connectivity index (χ4v) is 3.09. The van der Waals surface area contributed by atoms with Crippen molar-refractivity contribution in [1.29, 1.82) is 0 Å². The summed E-state index contributed by atoms with van der Waals surface area (Å²) in [5.41, 5.74) is 0.423. The highest BCUT2D eigenvalue weighted by Gasteiger charge is 2.12. The normalized spacial score (nSPS) is 10.4. The predicted octanol–water partition coefficient (Wildman–Crippen LogP) is 2.76. The highest BCUT2D eigenvalue weighted by Crippen LogP contribution is 2.25. The lowest BCUT2D eigenvalue weighted by Gasteiger charge is -2.02. The minimum absolute atomic E-state index is 0.174. The molecule has 0 aliphatic heterocycles. The standard InChI is InChI=1S/C13H15N3O2S2/c1-9(17)4-2-3-5-14-11(18)10-8-20-13(16-10)12-15-6-7-19-12/h6-8H,2-5H2,1H3,(H,14,18). The molecule has 2 aromatic heterocycles. The van der Waals surface area contributed by atoms with Gasteiger partial charge in [0.15, 0.2) is 10.0 Å². The van der Waals surface area contributed by atoms with Crippen molar-refractivity contribution < 1.29 is 9.59 Å². The van der Waals surface area contributed by atoms with Crippen LogP contribution in [0.4, 0.5) is 0 Å². The number of ketones is 1. The first-order valence-electron chi connectivity index (χ1n) is 6.30. The van der Waals surface area contributed by atoms with E-state index in [0.29, 0.717) is 18.7 Å². The van der Waals surface area contributed by atoms with Crippen LogP contribution < -0.4 is 5.32 Å². The molecular weight excluding hydrogens is 294 g/mol. The van der Waals surface area contributed by atoms with Crippen LogP contribution in [0.25, 0.3) is 10.0 Å². The summed E-state index contributed by atoms with van der Waals surface area (Å²) in [6, 6.07) is 0. The Kier molecular flexibility index (Phi) is 5.37. The Labute approximate surface area is 125 Å². The molecule has 2 rings (SSSR count). The predicted molar refractivity (Wildman–Crippen MR) is 80.1 cm³/mol. The summed E-state index contributed by atoms with van der Waals surface area (Å²) < 4.78 is 0. The van der Waals surface area contributed by atoms with Gasteiger partial charge in [-0.15, -0.1) is 22.7 Å². The second-order valence-corrected chi connectivity index (χ2v) is 6.04. The summed E-state index contributed by atoms with van der Waals surface area (Å²) in [5, 5.41) is 8.02. The first-order chi connectivity index (χ1) is 9.66. The summed E-state index contributed by atoms with van der Waals surface area (Å²) in [7, 11) is 0. The topological polar surface area (TPSA) is 72.0 Å². The second kappa shape index (κ2) is 7.25. The van der Waals surface area contributed by atoms with E-state index in [0.717, 1.165) is 22.9 Å². The summed E-state index contributed by atoms with van der Waals surface area (Å²) >= 11 is 2.92. The van der Waals surface area contributed by atoms with Gasteiger partial charge in [-0.25, -0.2) is 9.97 Å². The van der Waals surface area contributed by atoms with Gasteiger partial charge in [0.2, 0.25) is 0 Å². The minimum Gasteiger partial charge on any atom is -0.351 e. The maximum Gasteiger partial charge on any atom is 0.270 e. The van der Waals surface area contributed by atoms with Gasteiger partial charge in [0, 0.05) is 29.9 Å². The molecule has 0 saturated carbocycles. The average molecular weight is 309 g/mol. The summed E-state index contributed by atoms with van der Waals surface area (Å²) in [6.45, 7) is 2.14. The van der Waals surface area contributed by atoms with E-state index >= 15 is 0 Å². The molecular formula is C13H15N3O2S2. The molecule has 0 aromatic carbocycles. The molecule has 2 aromatic rings. The second-order valence-electron chi connectivity index (χ2n) is 4.29. The number of nitrogens with zero attached hydrogens (tertiary/aromatic N) is 2. The summed E-state index contributed by atoms with van der Waals surface area (Å²) in [5.74, 6) is 0.01000. The minimum atomic E-state index is -0.174. The van der Waals surface area contributed by atoms with Gasteiger partial charge in [0.05, 0.1) is 0 Å². The number of amides is 1. The number of Topliss-reactive ketones (excluding diaryl/α,β-unsaturated/α-hetero) is 1. The Bertz CT molecular complexity index is 578. The van der Waals surface area contributed by atoms with Gasteiger partial charge < -0.3 is 10.1 Å². The number of thiazole rings is 2. The van der Waals surface area contributed by atoms with Crippen LogP contribution in [0.15, 0.2) is 17.0 Å². The quantitative estimate of drug-likeness (QED) is 0.798. The van der Waals surface area contributed by atoms with Gasteiger partial charge in [-0.1, -0.05) is 0 Å². The monoisotopic (exact) mass is 309 g/mol. The van der Waals surface area contributed by atoms with Crippen LogP contribution in [-0.2, 0) is 4.79 Å². The molecule has 106 valence electrons. The fourth-order valence-electron chi connectivity index (χ4n) is 1.60. The van der Waals surface area contributed by atoms with E-state index in [-0.39, 0.29) is 11.7 Å². The Morgan fingerprint density at radius 1 is 1.25 bits per heavy atom. The van der Waals surface area contributed by atoms with Gasteiger partial charge in [-0.05, 0) is 19.8 Å². The van der Waals surface area contributed by atoms with Crippen molar-refractivity contribution in [3.63, 3.8) is 0 Å². The van der Waals surface area contributed by atoms with Crippen molar-refractivity contribution in [1.82, 2.24) is 15.3 Å². The third kappa shape index (κ3) is 4.21. The smallest absolute Gasteiger partial charge is 0.270 e. The molecule has 1 N–H and O–H groups in total. The van der Waals surface area contributed by atoms with Crippen LogP contribution in [0.2, 0.25) is 0 Å². The third-order valence-corrected chi connectivity index (χ3v) is 4.35. The van der Waals surface area contributed by atoms with Crippen LogP contribution in [0, 0.1) is 0 Å². The molecule has 0 aliphatic carbocycles. The Morgan fingerprint density at radius 2 is 2.10 bits per heavy atom. The highest BCUT2D eigenvalue weighted by molar-refractivity contribution is 7.19. The van der Waals surface area contributed by atoms with Crippen molar-refractivity contribution in [2.24, 2.45) is 0 Å². The number of unbranched alkanes of at least 4 members (excludes halogenated alkanes) is 1. The maximum absolute atomic E-state index is 11.9. The zero-order valence-electron chi connectivity index (χ0n) is 11.1. The number of nitrogens with one attached hydrogen (secondary N) is 1. The van der Waals surface area contributed by atoms with Gasteiger partial charge in [-0.3, -0.25) is 4.79 Å². The van der Waals surface area contributed by atoms with Crippen LogP contribution >= 0.6 is 22.7 Å². The lowest BCUT2D eigenvalue weighted by molar-refractivity contribution is -0.117. The van der Waals surface area contributed by atoms with Gasteiger partial charge in [0.25, 0.3) is 5.91 Å². The van der Waals surface area contributed by atoms with Crippen molar-refractivity contribution >= 4 is 34.4 Å². The van der Waals surface area contributed by atoms with Crippen molar-refractivity contribution in [3.8, 4) is 10.0 Å². The molecule has 0 radical (unpaired) electrons. The average Bonchev–Trinajstić information content (AvgIpc) is 3.08. The first-order valence-corrected chi connectivity index (χ1v) is 8.06. The molecule has 0 atom stereocenters. The van der Waals surface area contributed by atoms with Gasteiger partial charge in [0.1, 0.15) is 11.5 Å². The molecule has 0 saturated heterocycles. The SMILES string of the molecule is CC(=O)CCCCNC(=O)c1csc(-c2nccs2)n1. The van der Waals surface area contributed by atoms with Crippen LogP contribution in [-0.4, -0.2) is 28.2 Å². The highest BCUT2D eigenvalue weighted by atomic mass is 32.1. The van der Waals surface area contributed by atoms with E-state index in [2.05, 4.69) is 15.3 Å². The number of hydrogen-bond donors (Lipinski definition) is 1. The van der Waals surface area contributed by atoms with E-state index in [4.69, 9.17) is 0 Å². The molecule has 2 heterocycles. The lowest BCUT2D eigenvalue weighted by atomic mass is 10.2. The Balaban J connectivity index is 1.80. The van der Waals surface area contributed by atoms with E-state index in [1.165, 1.54) is 22.7 Å². The maximum atomic E-state index is 11.9. The molecule has 0 fully saturated rings. The number of rotatable bonds is 7. The van der Waals surface area contributed by atoms with Gasteiger partial charge in [-0.2, -0.15) is 0 Å². The van der Waals surface area contributed by atoms with E-state index in [9.17, 15) is 9.59 Å². The largest absolute Gasteiger partial charge is 0.351 e. The Morgan fingerprint density at radius 3 is 2.80 bits per heavy atom. The lowest BCUT2D eigenvalue weighted by Crippen LogP contribution is -2.24. The van der Waals surface area contributed by atoms with E-state index < -0.39 is 0 Å². The molecule has 7 heteroatoms.